The van der Waals surface area contributed by atoms with Crippen molar-refractivity contribution in [2.75, 3.05) is 9.62 Å². The molecule has 1 amide bonds. The fraction of sp³-hybridized carbons (Fsp3) is 0.150. The maximum atomic E-state index is 13.2. The van der Waals surface area contributed by atoms with E-state index in [0.29, 0.717) is 23.2 Å². The first-order valence-corrected chi connectivity index (χ1v) is 9.90. The molecule has 1 aliphatic heterocycles. The molecule has 3 aromatic carbocycles. The van der Waals surface area contributed by atoms with Gasteiger partial charge in [-0.1, -0.05) is 49.4 Å². The van der Waals surface area contributed by atoms with Crippen LogP contribution in [0.25, 0.3) is 10.8 Å². The van der Waals surface area contributed by atoms with Crippen LogP contribution in [0.5, 0.6) is 0 Å². The van der Waals surface area contributed by atoms with E-state index in [1.807, 2.05) is 43.3 Å². The lowest BCUT2D eigenvalue weighted by atomic mass is 10.1. The summed E-state index contributed by atoms with van der Waals surface area (Å²) in [5.41, 5.74) is 1.21. The van der Waals surface area contributed by atoms with Crippen LogP contribution in [0, 0.1) is 0 Å². The van der Waals surface area contributed by atoms with Gasteiger partial charge in [-0.25, -0.2) is 8.42 Å². The number of rotatable bonds is 4. The van der Waals surface area contributed by atoms with Crippen LogP contribution in [-0.2, 0) is 14.8 Å². The van der Waals surface area contributed by atoms with Crippen LogP contribution in [0.1, 0.15) is 13.3 Å². The Bertz CT molecular complexity index is 1090. The van der Waals surface area contributed by atoms with Gasteiger partial charge in [0, 0.05) is 11.1 Å². The SMILES string of the molecule is CCC(C(=O)Nc1ccccc1)N1c2cccc3cccc(c23)S1(=O)=O. The summed E-state index contributed by atoms with van der Waals surface area (Å²) in [4.78, 5) is 13.1. The van der Waals surface area contributed by atoms with Crippen molar-refractivity contribution < 1.29 is 13.2 Å². The molecule has 1 N–H and O–H groups in total. The standard InChI is InChI=1S/C20H18N2O3S/c1-2-16(20(23)21-15-10-4-3-5-11-15)22-17-12-6-8-14-9-7-13-18(19(14)17)26(22,24)25/h3-13,16H,2H2,1H3,(H,21,23). The van der Waals surface area contributed by atoms with Gasteiger partial charge in [0.1, 0.15) is 6.04 Å². The lowest BCUT2D eigenvalue weighted by Gasteiger charge is -2.27. The third-order valence-electron chi connectivity index (χ3n) is 4.63. The van der Waals surface area contributed by atoms with Gasteiger partial charge >= 0.3 is 0 Å². The summed E-state index contributed by atoms with van der Waals surface area (Å²) in [6.45, 7) is 1.81. The maximum Gasteiger partial charge on any atom is 0.265 e. The minimum Gasteiger partial charge on any atom is -0.324 e. The van der Waals surface area contributed by atoms with Crippen molar-refractivity contribution in [3.05, 3.63) is 66.7 Å². The Kier molecular flexibility index (Phi) is 3.92. The molecule has 0 saturated heterocycles. The molecule has 1 atom stereocenters. The van der Waals surface area contributed by atoms with Gasteiger partial charge in [-0.15, -0.1) is 0 Å². The number of benzene rings is 3. The van der Waals surface area contributed by atoms with Crippen LogP contribution in [0.15, 0.2) is 71.6 Å². The molecule has 4 rings (SSSR count). The average Bonchev–Trinajstić information content (AvgIpc) is 2.87. The number of sulfonamides is 1. The molecule has 0 saturated carbocycles. The molecule has 3 aromatic rings. The Labute approximate surface area is 152 Å². The number of nitrogens with zero attached hydrogens (tertiary/aromatic N) is 1. The zero-order valence-corrected chi connectivity index (χ0v) is 15.0. The highest BCUT2D eigenvalue weighted by Gasteiger charge is 2.42. The summed E-state index contributed by atoms with van der Waals surface area (Å²) < 4.78 is 27.6. The first-order chi connectivity index (χ1) is 12.5. The summed E-state index contributed by atoms with van der Waals surface area (Å²) >= 11 is 0. The van der Waals surface area contributed by atoms with Crippen molar-refractivity contribution in [3.63, 3.8) is 0 Å². The van der Waals surface area contributed by atoms with Gasteiger partial charge in [-0.05, 0) is 36.1 Å². The number of hydrogen-bond donors (Lipinski definition) is 1. The molecule has 0 aliphatic carbocycles. The van der Waals surface area contributed by atoms with Gasteiger partial charge < -0.3 is 5.32 Å². The minimum atomic E-state index is -3.77. The highest BCUT2D eigenvalue weighted by Crippen LogP contribution is 2.43. The molecule has 6 heteroatoms. The van der Waals surface area contributed by atoms with Crippen LogP contribution >= 0.6 is 0 Å². The second-order valence-corrected chi connectivity index (χ2v) is 7.99. The summed E-state index contributed by atoms with van der Waals surface area (Å²) in [6, 6.07) is 18.9. The molecular formula is C20H18N2O3S. The van der Waals surface area contributed by atoms with E-state index in [1.165, 1.54) is 4.31 Å². The maximum absolute atomic E-state index is 13.2. The van der Waals surface area contributed by atoms with Crippen molar-refractivity contribution in [1.82, 2.24) is 0 Å². The van der Waals surface area contributed by atoms with Crippen LogP contribution in [0.4, 0.5) is 11.4 Å². The molecule has 1 unspecified atom stereocenters. The number of hydrogen-bond acceptors (Lipinski definition) is 3. The predicted octanol–water partition coefficient (Wildman–Crippen LogP) is 3.77. The lowest BCUT2D eigenvalue weighted by Crippen LogP contribution is -2.45. The molecular weight excluding hydrogens is 348 g/mol. The van der Waals surface area contributed by atoms with Gasteiger partial charge in [0.2, 0.25) is 5.91 Å². The Morgan fingerprint density at radius 2 is 1.69 bits per heavy atom. The van der Waals surface area contributed by atoms with Crippen molar-refractivity contribution in [3.8, 4) is 0 Å². The highest BCUT2D eigenvalue weighted by molar-refractivity contribution is 7.93. The fourth-order valence-corrected chi connectivity index (χ4v) is 5.40. The molecule has 0 radical (unpaired) electrons. The highest BCUT2D eigenvalue weighted by atomic mass is 32.2. The lowest BCUT2D eigenvalue weighted by molar-refractivity contribution is -0.117. The summed E-state index contributed by atoms with van der Waals surface area (Å²) in [5.74, 6) is -0.341. The third-order valence-corrected chi connectivity index (χ3v) is 6.50. The Balaban J connectivity index is 1.79. The predicted molar refractivity (Wildman–Crippen MR) is 103 cm³/mol. The van der Waals surface area contributed by atoms with Crippen LogP contribution < -0.4 is 9.62 Å². The fourth-order valence-electron chi connectivity index (χ4n) is 3.46. The number of carbonyl (C=O) groups excluding carboxylic acids is 1. The Hall–Kier alpha value is -2.86. The smallest absolute Gasteiger partial charge is 0.265 e. The van der Waals surface area contributed by atoms with Gasteiger partial charge in [0.05, 0.1) is 10.6 Å². The van der Waals surface area contributed by atoms with Crippen molar-refractivity contribution in [2.24, 2.45) is 0 Å². The molecule has 0 bridgehead atoms. The number of nitrogens with one attached hydrogen (secondary N) is 1. The van der Waals surface area contributed by atoms with E-state index < -0.39 is 16.1 Å². The van der Waals surface area contributed by atoms with Crippen molar-refractivity contribution in [2.45, 2.75) is 24.3 Å². The molecule has 0 fully saturated rings. The van der Waals surface area contributed by atoms with E-state index in [-0.39, 0.29) is 10.8 Å². The van der Waals surface area contributed by atoms with E-state index in [1.54, 1.807) is 30.3 Å². The minimum absolute atomic E-state index is 0.261. The quantitative estimate of drug-likeness (QED) is 0.764. The average molecular weight is 366 g/mol. The summed E-state index contributed by atoms with van der Waals surface area (Å²) in [7, 11) is -3.77. The Morgan fingerprint density at radius 3 is 2.38 bits per heavy atom. The van der Waals surface area contributed by atoms with E-state index in [0.717, 1.165) is 5.39 Å². The van der Waals surface area contributed by atoms with E-state index in [2.05, 4.69) is 5.32 Å². The number of carbonyl (C=O) groups is 1. The third kappa shape index (κ3) is 2.45. The van der Waals surface area contributed by atoms with Crippen LogP contribution in [-0.4, -0.2) is 20.4 Å². The van der Waals surface area contributed by atoms with Gasteiger partial charge in [-0.2, -0.15) is 0 Å². The molecule has 1 aliphatic rings. The Morgan fingerprint density at radius 1 is 1.00 bits per heavy atom. The second kappa shape index (κ2) is 6.14. The van der Waals surface area contributed by atoms with Gasteiger partial charge in [-0.3, -0.25) is 9.10 Å². The van der Waals surface area contributed by atoms with Crippen molar-refractivity contribution in [1.29, 1.82) is 0 Å². The molecule has 26 heavy (non-hydrogen) atoms. The molecule has 132 valence electrons. The molecule has 0 spiro atoms. The van der Waals surface area contributed by atoms with Crippen molar-refractivity contribution >= 4 is 38.1 Å². The van der Waals surface area contributed by atoms with Gasteiger partial charge in [0.25, 0.3) is 10.0 Å². The zero-order valence-electron chi connectivity index (χ0n) is 14.2. The van der Waals surface area contributed by atoms with Gasteiger partial charge in [0.15, 0.2) is 0 Å². The number of anilines is 2. The summed E-state index contributed by atoms with van der Waals surface area (Å²) in [6.07, 6.45) is 0.363. The molecule has 0 aromatic heterocycles. The molecule has 5 nitrogen and oxygen atoms in total. The van der Waals surface area contributed by atoms with Crippen LogP contribution in [0.2, 0.25) is 0 Å². The number of amides is 1. The van der Waals surface area contributed by atoms with E-state index in [9.17, 15) is 13.2 Å². The number of para-hydroxylation sites is 1. The zero-order chi connectivity index (χ0) is 18.3. The molecule has 1 heterocycles. The largest absolute Gasteiger partial charge is 0.324 e. The topological polar surface area (TPSA) is 66.5 Å². The van der Waals surface area contributed by atoms with E-state index in [4.69, 9.17) is 0 Å². The van der Waals surface area contributed by atoms with E-state index >= 15 is 0 Å². The monoisotopic (exact) mass is 366 g/mol. The normalized spacial score (nSPS) is 15.8. The first-order valence-electron chi connectivity index (χ1n) is 8.46. The summed E-state index contributed by atoms with van der Waals surface area (Å²) in [5, 5.41) is 4.35. The first kappa shape index (κ1) is 16.6. The van der Waals surface area contributed by atoms with Crippen LogP contribution in [0.3, 0.4) is 0 Å². The second-order valence-electron chi connectivity index (χ2n) is 6.21.